The maximum Gasteiger partial charge on any atom is 0.342 e. The van der Waals surface area contributed by atoms with Crippen LogP contribution in [0.15, 0.2) is 42.5 Å². The Labute approximate surface area is 138 Å². The number of aromatic hydroxyl groups is 1. The highest BCUT2D eigenvalue weighted by molar-refractivity contribution is 6.31. The van der Waals surface area contributed by atoms with Crippen LogP contribution in [0.3, 0.4) is 0 Å². The molecule has 0 bridgehead atoms. The summed E-state index contributed by atoms with van der Waals surface area (Å²) >= 11 is 5.98. The topological polar surface area (TPSA) is 75.6 Å². The minimum Gasteiger partial charge on any atom is -0.507 e. The van der Waals surface area contributed by atoms with Gasteiger partial charge in [-0.25, -0.2) is 4.79 Å². The Morgan fingerprint density at radius 3 is 2.65 bits per heavy atom. The maximum atomic E-state index is 11.8. The number of hydrogen-bond acceptors (Lipinski definition) is 4. The van der Waals surface area contributed by atoms with Gasteiger partial charge >= 0.3 is 5.97 Å². The van der Waals surface area contributed by atoms with Crippen LogP contribution in [0.4, 0.5) is 0 Å². The van der Waals surface area contributed by atoms with Crippen LogP contribution in [-0.2, 0) is 16.1 Å². The normalized spacial score (nSPS) is 10.2. The first-order valence-electron chi connectivity index (χ1n) is 6.94. The van der Waals surface area contributed by atoms with Gasteiger partial charge in [0.15, 0.2) is 6.61 Å². The lowest BCUT2D eigenvalue weighted by atomic mass is 10.1. The van der Waals surface area contributed by atoms with E-state index < -0.39 is 18.5 Å². The number of hydrogen-bond donors (Lipinski definition) is 2. The van der Waals surface area contributed by atoms with Gasteiger partial charge in [-0.05, 0) is 36.2 Å². The van der Waals surface area contributed by atoms with Crippen molar-refractivity contribution in [2.75, 3.05) is 6.61 Å². The first-order chi connectivity index (χ1) is 11.0. The summed E-state index contributed by atoms with van der Waals surface area (Å²) in [4.78, 5) is 23.5. The summed E-state index contributed by atoms with van der Waals surface area (Å²) in [5.74, 6) is -1.38. The summed E-state index contributed by atoms with van der Waals surface area (Å²) in [6.45, 7) is 1.60. The van der Waals surface area contributed by atoms with Crippen LogP contribution in [0.25, 0.3) is 0 Å². The van der Waals surface area contributed by atoms with Gasteiger partial charge in [0, 0.05) is 11.6 Å². The number of amides is 1. The molecular formula is C17H16ClNO4. The van der Waals surface area contributed by atoms with Gasteiger partial charge in [-0.1, -0.05) is 35.9 Å². The second-order valence-electron chi connectivity index (χ2n) is 4.96. The van der Waals surface area contributed by atoms with E-state index in [0.717, 1.165) is 11.1 Å². The smallest absolute Gasteiger partial charge is 0.342 e. The molecule has 2 N–H and O–H groups in total. The quantitative estimate of drug-likeness (QED) is 0.825. The molecule has 23 heavy (non-hydrogen) atoms. The van der Waals surface area contributed by atoms with Crippen LogP contribution in [-0.4, -0.2) is 23.6 Å². The molecule has 1 amide bonds. The van der Waals surface area contributed by atoms with Crippen molar-refractivity contribution in [3.05, 3.63) is 64.2 Å². The van der Waals surface area contributed by atoms with E-state index in [0.29, 0.717) is 5.02 Å². The first-order valence-corrected chi connectivity index (χ1v) is 7.32. The number of ether oxygens (including phenoxy) is 1. The Balaban J connectivity index is 1.84. The Hall–Kier alpha value is -2.53. The fraction of sp³-hybridized carbons (Fsp3) is 0.176. The monoisotopic (exact) mass is 333 g/mol. The molecule has 6 heteroatoms. The molecule has 0 saturated heterocycles. The van der Waals surface area contributed by atoms with Crippen LogP contribution in [0, 0.1) is 6.92 Å². The molecule has 0 atom stereocenters. The Morgan fingerprint density at radius 1 is 1.22 bits per heavy atom. The molecule has 2 aromatic carbocycles. The fourth-order valence-corrected chi connectivity index (χ4v) is 2.11. The molecule has 5 nitrogen and oxygen atoms in total. The van der Waals surface area contributed by atoms with E-state index >= 15 is 0 Å². The SMILES string of the molecule is Cc1ccc(C(=O)OCC(=O)NCc2ccccc2Cl)c(O)c1. The molecule has 120 valence electrons. The van der Waals surface area contributed by atoms with Gasteiger partial charge in [0.2, 0.25) is 0 Å². The van der Waals surface area contributed by atoms with Crippen molar-refractivity contribution < 1.29 is 19.4 Å². The third-order valence-electron chi connectivity index (χ3n) is 3.14. The predicted octanol–water partition coefficient (Wildman–Crippen LogP) is 2.83. The Kier molecular flexibility index (Phi) is 5.60. The van der Waals surface area contributed by atoms with Gasteiger partial charge < -0.3 is 15.2 Å². The molecule has 0 unspecified atom stereocenters. The minimum absolute atomic E-state index is 0.0227. The van der Waals surface area contributed by atoms with Gasteiger partial charge in [0.1, 0.15) is 11.3 Å². The van der Waals surface area contributed by atoms with Gasteiger partial charge in [0.05, 0.1) is 0 Å². The van der Waals surface area contributed by atoms with E-state index in [2.05, 4.69) is 5.32 Å². The number of carbonyl (C=O) groups excluding carboxylic acids is 2. The summed E-state index contributed by atoms with van der Waals surface area (Å²) in [5, 5.41) is 12.9. The van der Waals surface area contributed by atoms with Crippen LogP contribution >= 0.6 is 11.6 Å². The summed E-state index contributed by atoms with van der Waals surface area (Å²) in [6.07, 6.45) is 0. The number of aryl methyl sites for hydroxylation is 1. The highest BCUT2D eigenvalue weighted by atomic mass is 35.5. The molecule has 2 rings (SSSR count). The van der Waals surface area contributed by atoms with Gasteiger partial charge in [-0.2, -0.15) is 0 Å². The Bertz CT molecular complexity index is 730. The molecule has 0 aliphatic carbocycles. The van der Waals surface area contributed by atoms with Crippen molar-refractivity contribution in [3.63, 3.8) is 0 Å². The van der Waals surface area contributed by atoms with Crippen molar-refractivity contribution in [2.24, 2.45) is 0 Å². The molecule has 0 fully saturated rings. The first kappa shape index (κ1) is 16.8. The summed E-state index contributed by atoms with van der Waals surface area (Å²) in [6, 6.07) is 11.7. The number of esters is 1. The van der Waals surface area contributed by atoms with Gasteiger partial charge in [-0.15, -0.1) is 0 Å². The van der Waals surface area contributed by atoms with E-state index in [1.807, 2.05) is 6.07 Å². The largest absolute Gasteiger partial charge is 0.507 e. The van der Waals surface area contributed by atoms with E-state index in [-0.39, 0.29) is 17.9 Å². The fourth-order valence-electron chi connectivity index (χ4n) is 1.91. The highest BCUT2D eigenvalue weighted by Gasteiger charge is 2.14. The summed E-state index contributed by atoms with van der Waals surface area (Å²) in [5.41, 5.74) is 1.61. The highest BCUT2D eigenvalue weighted by Crippen LogP contribution is 2.19. The third kappa shape index (κ3) is 4.72. The van der Waals surface area contributed by atoms with E-state index in [1.54, 1.807) is 31.2 Å². The van der Waals surface area contributed by atoms with Crippen molar-refractivity contribution in [2.45, 2.75) is 13.5 Å². The maximum absolute atomic E-state index is 11.8. The molecule has 2 aromatic rings. The molecule has 0 aliphatic heterocycles. The zero-order valence-corrected chi connectivity index (χ0v) is 13.3. The van der Waals surface area contributed by atoms with Crippen LogP contribution in [0.5, 0.6) is 5.75 Å². The van der Waals surface area contributed by atoms with E-state index in [9.17, 15) is 14.7 Å². The van der Waals surface area contributed by atoms with Crippen LogP contribution in [0.2, 0.25) is 5.02 Å². The van der Waals surface area contributed by atoms with Gasteiger partial charge in [0.25, 0.3) is 5.91 Å². The number of nitrogens with one attached hydrogen (secondary N) is 1. The molecule has 0 radical (unpaired) electrons. The third-order valence-corrected chi connectivity index (χ3v) is 3.51. The summed E-state index contributed by atoms with van der Waals surface area (Å²) < 4.78 is 4.89. The molecule has 0 aromatic heterocycles. The molecule has 0 aliphatic rings. The lowest BCUT2D eigenvalue weighted by Crippen LogP contribution is -2.28. The zero-order chi connectivity index (χ0) is 16.8. The van der Waals surface area contributed by atoms with Crippen molar-refractivity contribution in [1.29, 1.82) is 0 Å². The molecule has 0 spiro atoms. The number of rotatable bonds is 5. The Morgan fingerprint density at radius 2 is 1.96 bits per heavy atom. The summed E-state index contributed by atoms with van der Waals surface area (Å²) in [7, 11) is 0. The van der Waals surface area contributed by atoms with E-state index in [4.69, 9.17) is 16.3 Å². The molecule has 0 heterocycles. The minimum atomic E-state index is -0.754. The number of benzene rings is 2. The number of carbonyl (C=O) groups is 2. The molecule has 0 saturated carbocycles. The lowest BCUT2D eigenvalue weighted by molar-refractivity contribution is -0.124. The van der Waals surface area contributed by atoms with Crippen molar-refractivity contribution in [3.8, 4) is 5.75 Å². The van der Waals surface area contributed by atoms with Crippen molar-refractivity contribution >= 4 is 23.5 Å². The van der Waals surface area contributed by atoms with Crippen LogP contribution in [0.1, 0.15) is 21.5 Å². The van der Waals surface area contributed by atoms with E-state index in [1.165, 1.54) is 12.1 Å². The number of phenols is 1. The average Bonchev–Trinajstić information content (AvgIpc) is 2.52. The average molecular weight is 334 g/mol. The second kappa shape index (κ2) is 7.65. The predicted molar refractivity (Wildman–Crippen MR) is 86.4 cm³/mol. The lowest BCUT2D eigenvalue weighted by Gasteiger charge is -2.08. The standard InChI is InChI=1S/C17H16ClNO4/c1-11-6-7-13(15(20)8-11)17(22)23-10-16(21)19-9-12-4-2-3-5-14(12)18/h2-8,20H,9-10H2,1H3,(H,19,21). The second-order valence-corrected chi connectivity index (χ2v) is 5.37. The zero-order valence-electron chi connectivity index (χ0n) is 12.5. The van der Waals surface area contributed by atoms with Crippen molar-refractivity contribution in [1.82, 2.24) is 5.32 Å². The number of halogens is 1. The number of phenolic OH excluding ortho intramolecular Hbond substituents is 1. The molecular weight excluding hydrogens is 318 g/mol. The van der Waals surface area contributed by atoms with Crippen LogP contribution < -0.4 is 5.32 Å². The van der Waals surface area contributed by atoms with Gasteiger partial charge in [-0.3, -0.25) is 4.79 Å².